The third-order valence-corrected chi connectivity index (χ3v) is 3.53. The first kappa shape index (κ1) is 14.3. The van der Waals surface area contributed by atoms with Crippen LogP contribution in [0.25, 0.3) is 0 Å². The molecule has 2 rings (SSSR count). The highest BCUT2D eigenvalue weighted by Crippen LogP contribution is 2.17. The van der Waals surface area contributed by atoms with Crippen LogP contribution in [-0.2, 0) is 0 Å². The number of aryl methyl sites for hydroxylation is 4. The first-order valence-corrected chi connectivity index (χ1v) is 6.78. The molecule has 0 aromatic heterocycles. The van der Waals surface area contributed by atoms with Gasteiger partial charge in [-0.15, -0.1) is 0 Å². The van der Waals surface area contributed by atoms with Crippen molar-refractivity contribution in [1.82, 2.24) is 0 Å². The Morgan fingerprint density at radius 3 is 2.30 bits per heavy atom. The Kier molecular flexibility index (Phi) is 4.23. The molecule has 0 aliphatic rings. The maximum absolute atomic E-state index is 12.2. The second-order valence-corrected chi connectivity index (χ2v) is 5.28. The summed E-state index contributed by atoms with van der Waals surface area (Å²) in [5.74, 6) is 0.756. The zero-order valence-electron chi connectivity index (χ0n) is 12.5. The molecular formula is C18H20O2. The summed E-state index contributed by atoms with van der Waals surface area (Å²) in [5, 5.41) is 0. The van der Waals surface area contributed by atoms with E-state index >= 15 is 0 Å². The summed E-state index contributed by atoms with van der Waals surface area (Å²) in [4.78, 5) is 12.2. The van der Waals surface area contributed by atoms with Gasteiger partial charge in [0.25, 0.3) is 0 Å². The highest BCUT2D eigenvalue weighted by atomic mass is 16.5. The predicted molar refractivity (Wildman–Crippen MR) is 81.7 cm³/mol. The highest BCUT2D eigenvalue weighted by Gasteiger charge is 2.10. The van der Waals surface area contributed by atoms with Crippen molar-refractivity contribution in [3.8, 4) is 5.75 Å². The molecule has 0 unspecified atom stereocenters. The summed E-state index contributed by atoms with van der Waals surface area (Å²) >= 11 is 0. The molecular weight excluding hydrogens is 248 g/mol. The third kappa shape index (κ3) is 3.27. The van der Waals surface area contributed by atoms with Crippen LogP contribution >= 0.6 is 0 Å². The second-order valence-electron chi connectivity index (χ2n) is 5.28. The summed E-state index contributed by atoms with van der Waals surface area (Å²) in [6.07, 6.45) is 0. The van der Waals surface area contributed by atoms with E-state index in [4.69, 9.17) is 4.74 Å². The van der Waals surface area contributed by atoms with Gasteiger partial charge in [0.05, 0.1) is 0 Å². The number of carbonyl (C=O) groups is 1. The van der Waals surface area contributed by atoms with E-state index in [9.17, 15) is 4.79 Å². The average molecular weight is 268 g/mol. The van der Waals surface area contributed by atoms with E-state index in [-0.39, 0.29) is 12.4 Å². The molecule has 2 nitrogen and oxygen atoms in total. The Morgan fingerprint density at radius 1 is 0.900 bits per heavy atom. The van der Waals surface area contributed by atoms with E-state index in [1.165, 1.54) is 11.1 Å². The second kappa shape index (κ2) is 5.91. The summed E-state index contributed by atoms with van der Waals surface area (Å²) < 4.78 is 5.59. The Morgan fingerprint density at radius 2 is 1.65 bits per heavy atom. The molecule has 0 heterocycles. The lowest BCUT2D eigenvalue weighted by atomic mass is 10.0. The normalized spacial score (nSPS) is 10.4. The number of hydrogen-bond acceptors (Lipinski definition) is 2. The average Bonchev–Trinajstić information content (AvgIpc) is 2.40. The Bertz CT molecular complexity index is 642. The van der Waals surface area contributed by atoms with Crippen LogP contribution in [0.2, 0.25) is 0 Å². The number of ether oxygens (including phenoxy) is 1. The van der Waals surface area contributed by atoms with E-state index in [1.807, 2.05) is 57.2 Å². The number of hydrogen-bond donors (Lipinski definition) is 0. The summed E-state index contributed by atoms with van der Waals surface area (Å²) in [5.41, 5.74) is 5.28. The standard InChI is InChI=1S/C18H20O2/c1-12-5-8-17(15(4)9-12)18(19)11-20-16-7-6-13(2)14(3)10-16/h5-10H,11H2,1-4H3. The topological polar surface area (TPSA) is 26.3 Å². The minimum atomic E-state index is 0.0146. The molecule has 0 saturated carbocycles. The van der Waals surface area contributed by atoms with Crippen molar-refractivity contribution in [2.75, 3.05) is 6.61 Å². The molecule has 104 valence electrons. The fourth-order valence-electron chi connectivity index (χ4n) is 2.16. The van der Waals surface area contributed by atoms with Crippen molar-refractivity contribution in [2.45, 2.75) is 27.7 Å². The molecule has 0 radical (unpaired) electrons. The third-order valence-electron chi connectivity index (χ3n) is 3.53. The Hall–Kier alpha value is -2.09. The van der Waals surface area contributed by atoms with Crippen LogP contribution in [0.15, 0.2) is 36.4 Å². The maximum atomic E-state index is 12.2. The van der Waals surface area contributed by atoms with Crippen LogP contribution in [0.4, 0.5) is 0 Å². The van der Waals surface area contributed by atoms with Gasteiger partial charge in [0.15, 0.2) is 12.4 Å². The van der Waals surface area contributed by atoms with Gasteiger partial charge >= 0.3 is 0 Å². The van der Waals surface area contributed by atoms with Gasteiger partial charge in [0.1, 0.15) is 5.75 Å². The van der Waals surface area contributed by atoms with Crippen LogP contribution in [-0.4, -0.2) is 12.4 Å². The molecule has 0 bridgehead atoms. The number of Topliss-reactive ketones (excluding diaryl/α,β-unsaturated/α-hetero) is 1. The first-order valence-electron chi connectivity index (χ1n) is 6.78. The van der Waals surface area contributed by atoms with Gasteiger partial charge in [0, 0.05) is 5.56 Å². The zero-order chi connectivity index (χ0) is 14.7. The van der Waals surface area contributed by atoms with E-state index in [2.05, 4.69) is 6.92 Å². The molecule has 0 N–H and O–H groups in total. The van der Waals surface area contributed by atoms with Crippen molar-refractivity contribution in [3.05, 3.63) is 64.2 Å². The van der Waals surface area contributed by atoms with Crippen molar-refractivity contribution in [3.63, 3.8) is 0 Å². The molecule has 2 aromatic rings. The fourth-order valence-corrected chi connectivity index (χ4v) is 2.16. The quantitative estimate of drug-likeness (QED) is 0.777. The molecule has 2 heteroatoms. The smallest absolute Gasteiger partial charge is 0.200 e. The lowest BCUT2D eigenvalue weighted by molar-refractivity contribution is 0.0921. The van der Waals surface area contributed by atoms with Gasteiger partial charge in [-0.25, -0.2) is 0 Å². The number of rotatable bonds is 4. The van der Waals surface area contributed by atoms with E-state index < -0.39 is 0 Å². The van der Waals surface area contributed by atoms with Crippen molar-refractivity contribution >= 4 is 5.78 Å². The van der Waals surface area contributed by atoms with Gasteiger partial charge in [-0.1, -0.05) is 29.8 Å². The lowest BCUT2D eigenvalue weighted by Crippen LogP contribution is -2.13. The molecule has 0 amide bonds. The first-order chi connectivity index (χ1) is 9.47. The SMILES string of the molecule is Cc1ccc(C(=O)COc2ccc(C)c(C)c2)c(C)c1. The highest BCUT2D eigenvalue weighted by molar-refractivity contribution is 5.98. The minimum Gasteiger partial charge on any atom is -0.485 e. The van der Waals surface area contributed by atoms with Gasteiger partial charge < -0.3 is 4.74 Å². The summed E-state index contributed by atoms with van der Waals surface area (Å²) in [7, 11) is 0. The summed E-state index contributed by atoms with van der Waals surface area (Å²) in [6, 6.07) is 11.7. The number of ketones is 1. The lowest BCUT2D eigenvalue weighted by Gasteiger charge is -2.09. The summed E-state index contributed by atoms with van der Waals surface area (Å²) in [6.45, 7) is 8.14. The van der Waals surface area contributed by atoms with Crippen molar-refractivity contribution in [2.24, 2.45) is 0 Å². The molecule has 20 heavy (non-hydrogen) atoms. The molecule has 0 atom stereocenters. The Balaban J connectivity index is 2.06. The molecule has 0 aliphatic carbocycles. The number of benzene rings is 2. The largest absolute Gasteiger partial charge is 0.485 e. The minimum absolute atomic E-state index is 0.0146. The van der Waals surface area contributed by atoms with Crippen molar-refractivity contribution < 1.29 is 9.53 Å². The molecule has 0 aliphatic heterocycles. The van der Waals surface area contributed by atoms with E-state index in [0.717, 1.165) is 22.4 Å². The number of carbonyl (C=O) groups excluding carboxylic acids is 1. The van der Waals surface area contributed by atoms with E-state index in [0.29, 0.717) is 0 Å². The van der Waals surface area contributed by atoms with Crippen LogP contribution in [0.1, 0.15) is 32.6 Å². The van der Waals surface area contributed by atoms with Crippen LogP contribution in [0, 0.1) is 27.7 Å². The fraction of sp³-hybridized carbons (Fsp3) is 0.278. The van der Waals surface area contributed by atoms with Crippen molar-refractivity contribution in [1.29, 1.82) is 0 Å². The monoisotopic (exact) mass is 268 g/mol. The maximum Gasteiger partial charge on any atom is 0.200 e. The zero-order valence-corrected chi connectivity index (χ0v) is 12.5. The predicted octanol–water partition coefficient (Wildman–Crippen LogP) is 4.18. The molecule has 0 spiro atoms. The van der Waals surface area contributed by atoms with Gasteiger partial charge in [0.2, 0.25) is 0 Å². The molecule has 0 fully saturated rings. The van der Waals surface area contributed by atoms with Crippen LogP contribution < -0.4 is 4.74 Å². The molecule has 2 aromatic carbocycles. The van der Waals surface area contributed by atoms with Gasteiger partial charge in [-0.05, 0) is 56.5 Å². The van der Waals surface area contributed by atoms with Gasteiger partial charge in [-0.2, -0.15) is 0 Å². The van der Waals surface area contributed by atoms with E-state index in [1.54, 1.807) is 0 Å². The molecule has 0 saturated heterocycles. The van der Waals surface area contributed by atoms with Crippen LogP contribution in [0.3, 0.4) is 0 Å². The van der Waals surface area contributed by atoms with Gasteiger partial charge in [-0.3, -0.25) is 4.79 Å². The Labute approximate surface area is 120 Å². The van der Waals surface area contributed by atoms with Crippen LogP contribution in [0.5, 0.6) is 5.75 Å².